The highest BCUT2D eigenvalue weighted by atomic mass is 35.5. The van der Waals surface area contributed by atoms with Crippen molar-refractivity contribution in [3.8, 4) is 6.07 Å². The Morgan fingerprint density at radius 3 is 2.51 bits per heavy atom. The van der Waals surface area contributed by atoms with Crippen LogP contribution in [0.15, 0.2) is 79.4 Å². The first-order valence-electron chi connectivity index (χ1n) is 11.5. The molecule has 1 aliphatic rings. The molecule has 35 heavy (non-hydrogen) atoms. The molecular weight excluding hydrogens is 458 g/mol. The van der Waals surface area contributed by atoms with Gasteiger partial charge in [0.05, 0.1) is 37.0 Å². The van der Waals surface area contributed by atoms with E-state index >= 15 is 0 Å². The third kappa shape index (κ3) is 5.19. The maximum absolute atomic E-state index is 9.08. The highest BCUT2D eigenvalue weighted by Gasteiger charge is 2.36. The van der Waals surface area contributed by atoms with Gasteiger partial charge in [0.2, 0.25) is 0 Å². The minimum absolute atomic E-state index is 0. The fourth-order valence-electron chi connectivity index (χ4n) is 4.84. The third-order valence-corrected chi connectivity index (χ3v) is 6.55. The minimum atomic E-state index is 0. The van der Waals surface area contributed by atoms with Gasteiger partial charge in [-0.2, -0.15) is 10.4 Å². The van der Waals surface area contributed by atoms with Gasteiger partial charge in [0.1, 0.15) is 5.82 Å². The van der Waals surface area contributed by atoms with E-state index in [0.29, 0.717) is 6.42 Å². The molecule has 0 aliphatic carbocycles. The van der Waals surface area contributed by atoms with Crippen molar-refractivity contribution in [2.24, 2.45) is 0 Å². The lowest BCUT2D eigenvalue weighted by atomic mass is 9.92. The van der Waals surface area contributed by atoms with Crippen LogP contribution in [0.3, 0.4) is 0 Å². The smallest absolute Gasteiger partial charge is 0.147 e. The number of aromatic nitrogens is 4. The van der Waals surface area contributed by atoms with E-state index in [4.69, 9.17) is 5.26 Å². The van der Waals surface area contributed by atoms with Crippen molar-refractivity contribution in [2.75, 3.05) is 24.5 Å². The van der Waals surface area contributed by atoms with Gasteiger partial charge in [-0.25, -0.2) is 4.98 Å². The zero-order valence-corrected chi connectivity index (χ0v) is 20.4. The molecule has 1 N–H and O–H groups in total. The van der Waals surface area contributed by atoms with Crippen molar-refractivity contribution in [1.82, 2.24) is 25.1 Å². The Labute approximate surface area is 211 Å². The summed E-state index contributed by atoms with van der Waals surface area (Å²) in [5.74, 6) is 0.893. The number of aromatic amines is 1. The number of rotatable bonds is 6. The van der Waals surface area contributed by atoms with E-state index < -0.39 is 0 Å². The molecule has 1 saturated heterocycles. The van der Waals surface area contributed by atoms with Crippen LogP contribution in [0.25, 0.3) is 0 Å². The topological polar surface area (TPSA) is 84.7 Å². The first kappa shape index (κ1) is 24.4. The van der Waals surface area contributed by atoms with Crippen LogP contribution in [0.4, 0.5) is 5.82 Å². The van der Waals surface area contributed by atoms with E-state index in [0.717, 1.165) is 36.7 Å². The number of hydrogen-bond donors (Lipinski definition) is 1. The summed E-state index contributed by atoms with van der Waals surface area (Å²) in [7, 11) is 0. The van der Waals surface area contributed by atoms with Gasteiger partial charge < -0.3 is 4.90 Å². The first-order valence-corrected chi connectivity index (χ1v) is 11.5. The molecule has 1 aliphatic heterocycles. The number of aryl methyl sites for hydroxylation is 1. The predicted octanol–water partition coefficient (Wildman–Crippen LogP) is 4.65. The Hall–Kier alpha value is -3.73. The van der Waals surface area contributed by atoms with E-state index in [1.54, 1.807) is 12.4 Å². The molecule has 2 aromatic heterocycles. The van der Waals surface area contributed by atoms with Gasteiger partial charge in [0, 0.05) is 43.3 Å². The van der Waals surface area contributed by atoms with Crippen molar-refractivity contribution in [1.29, 1.82) is 5.26 Å². The second-order valence-electron chi connectivity index (χ2n) is 8.60. The summed E-state index contributed by atoms with van der Waals surface area (Å²) < 4.78 is 0. The van der Waals surface area contributed by atoms with E-state index in [1.807, 2.05) is 12.4 Å². The van der Waals surface area contributed by atoms with Crippen molar-refractivity contribution in [3.05, 3.63) is 107 Å². The fraction of sp³-hybridized carbons (Fsp3) is 0.259. The van der Waals surface area contributed by atoms with Gasteiger partial charge in [0.25, 0.3) is 0 Å². The number of halogens is 1. The van der Waals surface area contributed by atoms with Crippen LogP contribution >= 0.6 is 12.4 Å². The van der Waals surface area contributed by atoms with Gasteiger partial charge >= 0.3 is 0 Å². The molecular formula is C27H28ClN7. The molecule has 3 heterocycles. The quantitative estimate of drug-likeness (QED) is 0.428. The van der Waals surface area contributed by atoms with Crippen LogP contribution in [0.1, 0.15) is 40.0 Å². The van der Waals surface area contributed by atoms with Gasteiger partial charge in [-0.1, -0.05) is 54.6 Å². The second-order valence-corrected chi connectivity index (χ2v) is 8.60. The van der Waals surface area contributed by atoms with Crippen molar-refractivity contribution in [2.45, 2.75) is 25.4 Å². The van der Waals surface area contributed by atoms with Crippen molar-refractivity contribution in [3.63, 3.8) is 0 Å². The highest BCUT2D eigenvalue weighted by molar-refractivity contribution is 5.85. The van der Waals surface area contributed by atoms with Crippen LogP contribution in [-0.4, -0.2) is 44.7 Å². The zero-order valence-electron chi connectivity index (χ0n) is 19.6. The number of piperazine rings is 1. The summed E-state index contributed by atoms with van der Waals surface area (Å²) >= 11 is 0. The molecule has 2 unspecified atom stereocenters. The maximum atomic E-state index is 9.08. The number of nitrogens with zero attached hydrogens (tertiary/aromatic N) is 6. The summed E-state index contributed by atoms with van der Waals surface area (Å²) in [6.45, 7) is 4.57. The lowest BCUT2D eigenvalue weighted by Gasteiger charge is -2.46. The first-order chi connectivity index (χ1) is 16.7. The molecule has 178 valence electrons. The molecule has 8 heteroatoms. The van der Waals surface area contributed by atoms with Crippen molar-refractivity contribution >= 4 is 18.2 Å². The summed E-state index contributed by atoms with van der Waals surface area (Å²) in [6, 6.07) is 21.5. The minimum Gasteiger partial charge on any atom is -0.352 e. The number of nitriles is 1. The van der Waals surface area contributed by atoms with Crippen LogP contribution in [0.5, 0.6) is 0 Å². The Morgan fingerprint density at radius 1 is 1.06 bits per heavy atom. The summed E-state index contributed by atoms with van der Waals surface area (Å²) in [4.78, 5) is 13.7. The predicted molar refractivity (Wildman–Crippen MR) is 138 cm³/mol. The molecule has 1 fully saturated rings. The molecule has 4 aromatic rings. The number of H-pyrrole nitrogens is 1. The lowest BCUT2D eigenvalue weighted by molar-refractivity contribution is 0.138. The highest BCUT2D eigenvalue weighted by Crippen LogP contribution is 2.39. The maximum Gasteiger partial charge on any atom is 0.147 e. The Kier molecular flexibility index (Phi) is 7.76. The summed E-state index contributed by atoms with van der Waals surface area (Å²) in [6.07, 6.45) is 7.65. The monoisotopic (exact) mass is 485 g/mol. The largest absolute Gasteiger partial charge is 0.352 e. The van der Waals surface area contributed by atoms with Crippen molar-refractivity contribution < 1.29 is 0 Å². The molecule has 0 amide bonds. The molecule has 0 bridgehead atoms. The average molecular weight is 486 g/mol. The standard InChI is InChI=1S/C27H27N7.ClH/c1-20-24(17-31-32-20)27(23-5-3-2-4-6-23)34-16-15-33(26-18-29-13-14-30-26)19-25(34)22-9-7-21(8-10-22)11-12-28;/h2-10,13-14,17-18,25,27H,11,15-16,19H2,1H3,(H,31,32);1H. The molecule has 5 rings (SSSR count). The Morgan fingerprint density at radius 2 is 1.86 bits per heavy atom. The van der Waals surface area contributed by atoms with Gasteiger partial charge in [-0.15, -0.1) is 12.4 Å². The van der Waals surface area contributed by atoms with Crippen LogP contribution in [0, 0.1) is 18.3 Å². The number of hydrogen-bond acceptors (Lipinski definition) is 6. The molecule has 0 radical (unpaired) electrons. The molecule has 2 atom stereocenters. The number of nitrogens with one attached hydrogen (secondary N) is 1. The zero-order chi connectivity index (χ0) is 23.3. The second kappa shape index (κ2) is 11.1. The van der Waals surface area contributed by atoms with Crippen LogP contribution in [0.2, 0.25) is 0 Å². The average Bonchev–Trinajstić information content (AvgIpc) is 3.31. The van der Waals surface area contributed by atoms with E-state index in [1.165, 1.54) is 16.7 Å². The summed E-state index contributed by atoms with van der Waals surface area (Å²) in [5, 5.41) is 16.6. The molecule has 0 saturated carbocycles. The van der Waals surface area contributed by atoms with Gasteiger partial charge in [0.15, 0.2) is 0 Å². The molecule has 7 nitrogen and oxygen atoms in total. The van der Waals surface area contributed by atoms with E-state index in [2.05, 4.69) is 97.6 Å². The molecule has 2 aromatic carbocycles. The van der Waals surface area contributed by atoms with Crippen LogP contribution < -0.4 is 4.90 Å². The fourth-order valence-corrected chi connectivity index (χ4v) is 4.84. The van der Waals surface area contributed by atoms with Gasteiger partial charge in [-0.3, -0.25) is 15.0 Å². The third-order valence-electron chi connectivity index (χ3n) is 6.55. The Balaban J connectivity index is 0.00000289. The SMILES string of the molecule is Cc1[nH]ncc1C(c1ccccc1)N1CCN(c2cnccn2)CC1c1ccc(CC#N)cc1.Cl. The number of benzene rings is 2. The lowest BCUT2D eigenvalue weighted by Crippen LogP contribution is -2.50. The molecule has 0 spiro atoms. The van der Waals surface area contributed by atoms with E-state index in [-0.39, 0.29) is 24.5 Å². The normalized spacial score (nSPS) is 16.8. The Bertz CT molecular complexity index is 1250. The van der Waals surface area contributed by atoms with Gasteiger partial charge in [-0.05, 0) is 23.6 Å². The van der Waals surface area contributed by atoms with Crippen LogP contribution in [-0.2, 0) is 6.42 Å². The summed E-state index contributed by atoms with van der Waals surface area (Å²) in [5.41, 5.74) is 5.76. The number of anilines is 1. The van der Waals surface area contributed by atoms with E-state index in [9.17, 15) is 0 Å².